The van der Waals surface area contributed by atoms with Crippen LogP contribution in [0.2, 0.25) is 0 Å². The van der Waals surface area contributed by atoms with Crippen LogP contribution in [0.5, 0.6) is 0 Å². The summed E-state index contributed by atoms with van der Waals surface area (Å²) >= 11 is 0. The van der Waals surface area contributed by atoms with Gasteiger partial charge in [0.1, 0.15) is 11.5 Å². The van der Waals surface area contributed by atoms with E-state index in [2.05, 4.69) is 53.6 Å². The Kier molecular flexibility index (Phi) is 2.52. The van der Waals surface area contributed by atoms with Gasteiger partial charge in [-0.1, -0.05) is 17.7 Å². The Morgan fingerprint density at radius 2 is 1.78 bits per heavy atom. The predicted molar refractivity (Wildman–Crippen MR) is 75.2 cm³/mol. The number of nitrogens with one attached hydrogen (secondary N) is 1. The number of hydrogen-bond acceptors (Lipinski definition) is 2. The van der Waals surface area contributed by atoms with Crippen LogP contribution in [0.4, 0.5) is 11.5 Å². The Morgan fingerprint density at radius 3 is 2.56 bits per heavy atom. The van der Waals surface area contributed by atoms with Crippen LogP contribution in [0.25, 0.3) is 11.0 Å². The third-order valence-corrected chi connectivity index (χ3v) is 3.04. The van der Waals surface area contributed by atoms with Crippen molar-refractivity contribution in [3.05, 3.63) is 54.2 Å². The van der Waals surface area contributed by atoms with Crippen molar-refractivity contribution >= 4 is 22.5 Å². The lowest BCUT2D eigenvalue weighted by Gasteiger charge is -2.06. The zero-order valence-corrected chi connectivity index (χ0v) is 10.5. The van der Waals surface area contributed by atoms with E-state index in [1.54, 1.807) is 0 Å². The highest BCUT2D eigenvalue weighted by molar-refractivity contribution is 5.78. The minimum absolute atomic E-state index is 0.869. The van der Waals surface area contributed by atoms with Crippen LogP contribution in [-0.4, -0.2) is 9.55 Å². The molecule has 2 aromatic heterocycles. The molecule has 0 unspecified atom stereocenters. The van der Waals surface area contributed by atoms with Crippen molar-refractivity contribution in [1.29, 1.82) is 0 Å². The van der Waals surface area contributed by atoms with Crippen LogP contribution in [0.15, 0.2) is 48.7 Å². The highest BCUT2D eigenvalue weighted by Crippen LogP contribution is 2.19. The zero-order valence-electron chi connectivity index (χ0n) is 10.5. The number of aryl methyl sites for hydroxylation is 2. The third kappa shape index (κ3) is 1.95. The minimum Gasteiger partial charge on any atom is -0.340 e. The normalized spacial score (nSPS) is 10.8. The van der Waals surface area contributed by atoms with Gasteiger partial charge in [0, 0.05) is 24.3 Å². The molecule has 0 saturated carbocycles. The fraction of sp³-hybridized carbons (Fsp3) is 0.133. The Hall–Kier alpha value is -2.29. The number of rotatable bonds is 2. The molecule has 0 aliphatic rings. The smallest absolute Gasteiger partial charge is 0.142 e. The van der Waals surface area contributed by atoms with Crippen molar-refractivity contribution in [2.24, 2.45) is 7.05 Å². The average Bonchev–Trinajstić information content (AvgIpc) is 2.74. The van der Waals surface area contributed by atoms with E-state index in [0.717, 1.165) is 22.5 Å². The number of benzene rings is 1. The molecule has 1 N–H and O–H groups in total. The maximum Gasteiger partial charge on any atom is 0.142 e. The summed E-state index contributed by atoms with van der Waals surface area (Å²) in [6, 6.07) is 14.4. The van der Waals surface area contributed by atoms with Crippen LogP contribution < -0.4 is 5.32 Å². The van der Waals surface area contributed by atoms with Crippen LogP contribution >= 0.6 is 0 Å². The van der Waals surface area contributed by atoms with Gasteiger partial charge < -0.3 is 9.88 Å². The van der Waals surface area contributed by atoms with Crippen molar-refractivity contribution in [2.45, 2.75) is 6.92 Å². The number of nitrogens with zero attached hydrogens (tertiary/aromatic N) is 2. The largest absolute Gasteiger partial charge is 0.340 e. The maximum atomic E-state index is 4.60. The first-order chi connectivity index (χ1) is 8.72. The fourth-order valence-electron chi connectivity index (χ4n) is 1.99. The molecule has 0 amide bonds. The van der Waals surface area contributed by atoms with Gasteiger partial charge in [-0.3, -0.25) is 0 Å². The Bertz CT molecular complexity index is 681. The topological polar surface area (TPSA) is 29.9 Å². The van der Waals surface area contributed by atoms with Crippen LogP contribution in [0.3, 0.4) is 0 Å². The van der Waals surface area contributed by atoms with E-state index in [9.17, 15) is 0 Å². The molecule has 0 aliphatic heterocycles. The molecular formula is C15H15N3. The molecule has 1 aromatic carbocycles. The van der Waals surface area contributed by atoms with Crippen molar-refractivity contribution in [2.75, 3.05) is 5.32 Å². The molecule has 3 aromatic rings. The summed E-state index contributed by atoms with van der Waals surface area (Å²) in [5.74, 6) is 0.869. The van der Waals surface area contributed by atoms with Gasteiger partial charge in [-0.25, -0.2) is 4.98 Å². The van der Waals surface area contributed by atoms with Crippen LogP contribution in [0.1, 0.15) is 5.56 Å². The molecule has 0 fully saturated rings. The minimum atomic E-state index is 0.869. The van der Waals surface area contributed by atoms with E-state index >= 15 is 0 Å². The second kappa shape index (κ2) is 4.18. The van der Waals surface area contributed by atoms with Gasteiger partial charge in [-0.2, -0.15) is 0 Å². The molecular weight excluding hydrogens is 222 g/mol. The van der Waals surface area contributed by atoms with E-state index in [0.29, 0.717) is 0 Å². The number of aromatic nitrogens is 2. The fourth-order valence-corrected chi connectivity index (χ4v) is 1.99. The summed E-state index contributed by atoms with van der Waals surface area (Å²) in [6.07, 6.45) is 2.02. The third-order valence-electron chi connectivity index (χ3n) is 3.04. The first-order valence-electron chi connectivity index (χ1n) is 5.98. The molecule has 90 valence electrons. The first kappa shape index (κ1) is 10.8. The molecule has 0 atom stereocenters. The molecule has 0 saturated heterocycles. The van der Waals surface area contributed by atoms with E-state index < -0.39 is 0 Å². The highest BCUT2D eigenvalue weighted by Gasteiger charge is 2.01. The van der Waals surface area contributed by atoms with Gasteiger partial charge in [-0.15, -0.1) is 0 Å². The van der Waals surface area contributed by atoms with Crippen molar-refractivity contribution in [3.8, 4) is 0 Å². The van der Waals surface area contributed by atoms with Gasteiger partial charge >= 0.3 is 0 Å². The number of fused-ring (bicyclic) bond motifs is 1. The summed E-state index contributed by atoms with van der Waals surface area (Å²) in [5, 5.41) is 4.48. The van der Waals surface area contributed by atoms with Gasteiger partial charge in [0.25, 0.3) is 0 Å². The maximum absolute atomic E-state index is 4.60. The van der Waals surface area contributed by atoms with E-state index in [4.69, 9.17) is 0 Å². The molecule has 0 aliphatic carbocycles. The quantitative estimate of drug-likeness (QED) is 0.737. The van der Waals surface area contributed by atoms with Crippen molar-refractivity contribution in [1.82, 2.24) is 9.55 Å². The second-order valence-corrected chi connectivity index (χ2v) is 4.53. The molecule has 0 bridgehead atoms. The zero-order chi connectivity index (χ0) is 12.5. The first-order valence-corrected chi connectivity index (χ1v) is 5.98. The van der Waals surface area contributed by atoms with E-state index in [1.165, 1.54) is 5.56 Å². The van der Waals surface area contributed by atoms with Crippen molar-refractivity contribution < 1.29 is 0 Å². The monoisotopic (exact) mass is 237 g/mol. The van der Waals surface area contributed by atoms with Gasteiger partial charge in [0.05, 0.1) is 0 Å². The predicted octanol–water partition coefficient (Wildman–Crippen LogP) is 3.63. The summed E-state index contributed by atoms with van der Waals surface area (Å²) in [5.41, 5.74) is 3.31. The number of pyridine rings is 1. The second-order valence-electron chi connectivity index (χ2n) is 4.53. The van der Waals surface area contributed by atoms with Crippen molar-refractivity contribution in [3.63, 3.8) is 0 Å². The molecule has 0 spiro atoms. The lowest BCUT2D eigenvalue weighted by atomic mass is 10.2. The lowest BCUT2D eigenvalue weighted by Crippen LogP contribution is -1.95. The summed E-state index contributed by atoms with van der Waals surface area (Å²) in [7, 11) is 2.00. The molecule has 3 nitrogen and oxygen atoms in total. The van der Waals surface area contributed by atoms with Crippen LogP contribution in [-0.2, 0) is 7.05 Å². The van der Waals surface area contributed by atoms with E-state index in [-0.39, 0.29) is 0 Å². The van der Waals surface area contributed by atoms with Gasteiger partial charge in [0.15, 0.2) is 0 Å². The lowest BCUT2D eigenvalue weighted by molar-refractivity contribution is 0.949. The molecule has 3 rings (SSSR count). The average molecular weight is 237 g/mol. The standard InChI is InChI=1S/C15H15N3/c1-11-3-6-13(7-4-11)16-14-8-5-12-9-10-18(2)15(12)17-14/h3-10H,1-2H3,(H,16,17). The summed E-state index contributed by atoms with van der Waals surface area (Å²) < 4.78 is 2.02. The van der Waals surface area contributed by atoms with Gasteiger partial charge in [0.2, 0.25) is 0 Å². The number of anilines is 2. The molecule has 0 radical (unpaired) electrons. The molecule has 2 heterocycles. The summed E-state index contributed by atoms with van der Waals surface area (Å²) in [6.45, 7) is 2.08. The SMILES string of the molecule is Cc1ccc(Nc2ccc3ccn(C)c3n2)cc1. The summed E-state index contributed by atoms with van der Waals surface area (Å²) in [4.78, 5) is 4.60. The van der Waals surface area contributed by atoms with Crippen LogP contribution in [0, 0.1) is 6.92 Å². The highest BCUT2D eigenvalue weighted by atomic mass is 15.1. The number of hydrogen-bond donors (Lipinski definition) is 1. The van der Waals surface area contributed by atoms with Gasteiger partial charge in [-0.05, 0) is 37.3 Å². The molecule has 3 heteroatoms. The Labute approximate surface area is 106 Å². The Balaban J connectivity index is 1.94. The van der Waals surface area contributed by atoms with E-state index in [1.807, 2.05) is 23.9 Å². The Morgan fingerprint density at radius 1 is 1.00 bits per heavy atom. The molecule has 18 heavy (non-hydrogen) atoms.